The number of hydrogen-bond donors (Lipinski definition) is 1. The van der Waals surface area contributed by atoms with Crippen LogP contribution in [-0.2, 0) is 9.53 Å². The first-order valence-corrected chi connectivity index (χ1v) is 6.19. The van der Waals surface area contributed by atoms with Gasteiger partial charge in [0.2, 0.25) is 0 Å². The second kappa shape index (κ2) is 5.96. The van der Waals surface area contributed by atoms with Crippen molar-refractivity contribution in [2.75, 3.05) is 7.11 Å². The summed E-state index contributed by atoms with van der Waals surface area (Å²) in [7, 11) is 1.53. The molecule has 0 aromatic carbocycles. The van der Waals surface area contributed by atoms with Crippen LogP contribution in [0.2, 0.25) is 0 Å². The topological polar surface area (TPSA) is 51.2 Å². The van der Waals surface area contributed by atoms with Crippen molar-refractivity contribution in [2.24, 2.45) is 0 Å². The van der Waals surface area contributed by atoms with Crippen molar-refractivity contribution in [3.8, 4) is 0 Å². The third-order valence-electron chi connectivity index (χ3n) is 3.06. The maximum atomic E-state index is 12.1. The Morgan fingerprint density at radius 1 is 1.56 bits per heavy atom. The third kappa shape index (κ3) is 3.53. The molecule has 0 saturated carbocycles. The van der Waals surface area contributed by atoms with Gasteiger partial charge in [-0.15, -0.1) is 0 Å². The van der Waals surface area contributed by atoms with Crippen LogP contribution in [-0.4, -0.2) is 23.6 Å². The highest BCUT2D eigenvalue weighted by Crippen LogP contribution is 2.17. The Balaban J connectivity index is 2.83. The van der Waals surface area contributed by atoms with Gasteiger partial charge in [-0.3, -0.25) is 9.78 Å². The van der Waals surface area contributed by atoms with E-state index in [0.717, 1.165) is 17.7 Å². The van der Waals surface area contributed by atoms with Gasteiger partial charge in [0.05, 0.1) is 11.7 Å². The van der Waals surface area contributed by atoms with E-state index in [1.165, 1.54) is 7.11 Å². The molecule has 1 atom stereocenters. The molecule has 0 radical (unpaired) electrons. The van der Waals surface area contributed by atoms with Crippen molar-refractivity contribution in [2.45, 2.75) is 45.8 Å². The van der Waals surface area contributed by atoms with E-state index in [9.17, 15) is 4.79 Å². The molecule has 18 heavy (non-hydrogen) atoms. The smallest absolute Gasteiger partial charge is 0.252 e. The van der Waals surface area contributed by atoms with E-state index < -0.39 is 5.60 Å². The SMILES string of the molecule is CCC(NC(=O)C(C)(C)OC)c1cc(C)ccn1. The van der Waals surface area contributed by atoms with E-state index in [1.807, 2.05) is 26.0 Å². The summed E-state index contributed by atoms with van der Waals surface area (Å²) in [6.07, 6.45) is 2.56. The number of nitrogens with zero attached hydrogens (tertiary/aromatic N) is 1. The Morgan fingerprint density at radius 2 is 2.22 bits per heavy atom. The summed E-state index contributed by atoms with van der Waals surface area (Å²) in [4.78, 5) is 16.4. The van der Waals surface area contributed by atoms with E-state index in [1.54, 1.807) is 20.0 Å². The van der Waals surface area contributed by atoms with Crippen molar-refractivity contribution in [1.29, 1.82) is 0 Å². The van der Waals surface area contributed by atoms with Crippen molar-refractivity contribution < 1.29 is 9.53 Å². The van der Waals surface area contributed by atoms with E-state index in [0.29, 0.717) is 0 Å². The number of ether oxygens (including phenoxy) is 1. The van der Waals surface area contributed by atoms with E-state index in [4.69, 9.17) is 4.74 Å². The van der Waals surface area contributed by atoms with Gasteiger partial charge in [0.25, 0.3) is 5.91 Å². The van der Waals surface area contributed by atoms with Gasteiger partial charge in [0.1, 0.15) is 5.60 Å². The molecule has 1 aromatic heterocycles. The lowest BCUT2D eigenvalue weighted by Crippen LogP contribution is -2.45. The van der Waals surface area contributed by atoms with Crippen molar-refractivity contribution in [1.82, 2.24) is 10.3 Å². The molecule has 1 heterocycles. The molecule has 0 aliphatic heterocycles. The first-order chi connectivity index (χ1) is 8.40. The molecule has 100 valence electrons. The molecule has 0 saturated heterocycles. The average molecular weight is 250 g/mol. The summed E-state index contributed by atoms with van der Waals surface area (Å²) in [6.45, 7) is 7.53. The number of methoxy groups -OCH3 is 1. The van der Waals surface area contributed by atoms with Gasteiger partial charge in [-0.2, -0.15) is 0 Å². The van der Waals surface area contributed by atoms with E-state index in [-0.39, 0.29) is 11.9 Å². The Kier molecular flexibility index (Phi) is 4.84. The molecule has 0 spiro atoms. The summed E-state index contributed by atoms with van der Waals surface area (Å²) in [5.41, 5.74) is 1.20. The lowest BCUT2D eigenvalue weighted by Gasteiger charge is -2.25. The van der Waals surface area contributed by atoms with Crippen LogP contribution < -0.4 is 5.32 Å². The van der Waals surface area contributed by atoms with Crippen molar-refractivity contribution in [3.63, 3.8) is 0 Å². The molecule has 1 unspecified atom stereocenters. The van der Waals surface area contributed by atoms with Crippen LogP contribution in [0.3, 0.4) is 0 Å². The maximum absolute atomic E-state index is 12.1. The Hall–Kier alpha value is -1.42. The molecule has 1 N–H and O–H groups in total. The fourth-order valence-corrected chi connectivity index (χ4v) is 1.56. The van der Waals surface area contributed by atoms with Gasteiger partial charge < -0.3 is 10.1 Å². The van der Waals surface area contributed by atoms with Crippen LogP contribution in [0.25, 0.3) is 0 Å². The molecule has 4 heteroatoms. The number of hydrogen-bond acceptors (Lipinski definition) is 3. The lowest BCUT2D eigenvalue weighted by molar-refractivity contribution is -0.140. The minimum Gasteiger partial charge on any atom is -0.369 e. The quantitative estimate of drug-likeness (QED) is 0.873. The minimum absolute atomic E-state index is 0.0770. The van der Waals surface area contributed by atoms with Crippen molar-refractivity contribution >= 4 is 5.91 Å². The molecule has 0 aliphatic rings. The number of rotatable bonds is 5. The van der Waals surface area contributed by atoms with Gasteiger partial charge in [-0.25, -0.2) is 0 Å². The zero-order valence-electron chi connectivity index (χ0n) is 11.8. The van der Waals surface area contributed by atoms with Crippen LogP contribution >= 0.6 is 0 Å². The van der Waals surface area contributed by atoms with Gasteiger partial charge in [-0.05, 0) is 44.9 Å². The fourth-order valence-electron chi connectivity index (χ4n) is 1.56. The predicted octanol–water partition coefficient (Wildman–Crippen LogP) is 2.38. The Bertz CT molecular complexity index is 416. The Labute approximate surface area is 109 Å². The summed E-state index contributed by atoms with van der Waals surface area (Å²) in [5.74, 6) is -0.125. The number of carbonyl (C=O) groups is 1. The molecule has 0 fully saturated rings. The number of aryl methyl sites for hydroxylation is 1. The number of pyridine rings is 1. The first kappa shape index (κ1) is 14.6. The average Bonchev–Trinajstić information content (AvgIpc) is 2.35. The van der Waals surface area contributed by atoms with Gasteiger partial charge >= 0.3 is 0 Å². The summed E-state index contributed by atoms with van der Waals surface area (Å²) in [5, 5.41) is 2.97. The lowest BCUT2D eigenvalue weighted by atomic mass is 10.0. The second-order valence-corrected chi connectivity index (χ2v) is 4.91. The second-order valence-electron chi connectivity index (χ2n) is 4.91. The standard InChI is InChI=1S/C14H22N2O2/c1-6-11(12-9-10(2)7-8-15-12)16-13(17)14(3,4)18-5/h7-9,11H,6H2,1-5H3,(H,16,17). The number of aromatic nitrogens is 1. The molecular weight excluding hydrogens is 228 g/mol. The Morgan fingerprint density at radius 3 is 2.72 bits per heavy atom. The molecule has 1 amide bonds. The monoisotopic (exact) mass is 250 g/mol. The maximum Gasteiger partial charge on any atom is 0.252 e. The van der Waals surface area contributed by atoms with Crippen LogP contribution in [0.4, 0.5) is 0 Å². The van der Waals surface area contributed by atoms with Gasteiger partial charge in [-0.1, -0.05) is 6.92 Å². The third-order valence-corrected chi connectivity index (χ3v) is 3.06. The van der Waals surface area contributed by atoms with Crippen LogP contribution in [0.1, 0.15) is 44.5 Å². The highest BCUT2D eigenvalue weighted by molar-refractivity contribution is 5.84. The fraction of sp³-hybridized carbons (Fsp3) is 0.571. The van der Waals surface area contributed by atoms with E-state index >= 15 is 0 Å². The van der Waals surface area contributed by atoms with Crippen molar-refractivity contribution in [3.05, 3.63) is 29.6 Å². The van der Waals surface area contributed by atoms with Crippen LogP contribution in [0.5, 0.6) is 0 Å². The molecule has 1 aromatic rings. The predicted molar refractivity (Wildman–Crippen MR) is 71.2 cm³/mol. The highest BCUT2D eigenvalue weighted by atomic mass is 16.5. The summed E-state index contributed by atoms with van der Waals surface area (Å²) >= 11 is 0. The molecule has 4 nitrogen and oxygen atoms in total. The van der Waals surface area contributed by atoms with E-state index in [2.05, 4.69) is 10.3 Å². The molecular formula is C14H22N2O2. The summed E-state index contributed by atoms with van der Waals surface area (Å²) in [6, 6.07) is 3.86. The summed E-state index contributed by atoms with van der Waals surface area (Å²) < 4.78 is 5.17. The van der Waals surface area contributed by atoms with Crippen LogP contribution in [0.15, 0.2) is 18.3 Å². The number of carbonyl (C=O) groups excluding carboxylic acids is 1. The normalized spacial score (nSPS) is 13.2. The molecule has 1 rings (SSSR count). The largest absolute Gasteiger partial charge is 0.369 e. The first-order valence-electron chi connectivity index (χ1n) is 6.19. The van der Waals surface area contributed by atoms with Gasteiger partial charge in [0, 0.05) is 13.3 Å². The zero-order chi connectivity index (χ0) is 13.8. The number of amides is 1. The molecule has 0 aliphatic carbocycles. The highest BCUT2D eigenvalue weighted by Gasteiger charge is 2.29. The zero-order valence-corrected chi connectivity index (χ0v) is 11.8. The number of nitrogens with one attached hydrogen (secondary N) is 1. The molecule has 0 bridgehead atoms. The van der Waals surface area contributed by atoms with Crippen LogP contribution in [0, 0.1) is 6.92 Å². The minimum atomic E-state index is -0.822. The van der Waals surface area contributed by atoms with Gasteiger partial charge in [0.15, 0.2) is 0 Å².